The second-order valence-corrected chi connectivity index (χ2v) is 8.14. The lowest BCUT2D eigenvalue weighted by molar-refractivity contribution is -0.119. The van der Waals surface area contributed by atoms with Crippen LogP contribution in [0.1, 0.15) is 32.6 Å². The monoisotopic (exact) mass is 460 g/mol. The molecule has 31 heavy (non-hydrogen) atoms. The molecule has 0 aliphatic heterocycles. The predicted molar refractivity (Wildman–Crippen MR) is 118 cm³/mol. The second kappa shape index (κ2) is 10.2. The fourth-order valence-electron chi connectivity index (χ4n) is 2.56. The fraction of sp³-hybridized carbons (Fsp3) is 0.238. The molecule has 2 heterocycles. The van der Waals surface area contributed by atoms with Crippen molar-refractivity contribution < 1.29 is 28.6 Å². The Hall–Kier alpha value is -3.24. The van der Waals surface area contributed by atoms with Crippen molar-refractivity contribution in [3.8, 4) is 16.3 Å². The third-order valence-electron chi connectivity index (χ3n) is 4.03. The van der Waals surface area contributed by atoms with Crippen molar-refractivity contribution in [2.45, 2.75) is 13.8 Å². The van der Waals surface area contributed by atoms with Gasteiger partial charge in [-0.15, -0.1) is 22.7 Å². The Balaban J connectivity index is 1.55. The summed E-state index contributed by atoms with van der Waals surface area (Å²) in [6, 6.07) is 8.96. The van der Waals surface area contributed by atoms with Crippen LogP contribution in [0.15, 0.2) is 35.7 Å². The van der Waals surface area contributed by atoms with Crippen LogP contribution in [0.5, 0.6) is 5.75 Å². The van der Waals surface area contributed by atoms with Crippen LogP contribution in [0.2, 0.25) is 0 Å². The Kier molecular flexibility index (Phi) is 7.37. The molecule has 8 nitrogen and oxygen atoms in total. The van der Waals surface area contributed by atoms with Crippen molar-refractivity contribution in [3.63, 3.8) is 0 Å². The third-order valence-corrected chi connectivity index (χ3v) is 6.05. The Labute approximate surface area is 186 Å². The number of nitrogens with one attached hydrogen (secondary N) is 1. The number of hydrogen-bond acceptors (Lipinski definition) is 9. The number of methoxy groups -OCH3 is 1. The van der Waals surface area contributed by atoms with Gasteiger partial charge in [0.05, 0.1) is 18.7 Å². The number of carbonyl (C=O) groups is 3. The van der Waals surface area contributed by atoms with E-state index >= 15 is 0 Å². The van der Waals surface area contributed by atoms with Gasteiger partial charge in [-0.05, 0) is 49.7 Å². The van der Waals surface area contributed by atoms with Crippen molar-refractivity contribution >= 4 is 45.5 Å². The number of hydrogen-bond donors (Lipinski definition) is 1. The molecule has 0 aliphatic carbocycles. The molecule has 0 radical (unpaired) electrons. The number of nitrogens with zero attached hydrogens (tertiary/aromatic N) is 1. The van der Waals surface area contributed by atoms with E-state index in [1.54, 1.807) is 44.5 Å². The van der Waals surface area contributed by atoms with Crippen LogP contribution in [0, 0.1) is 6.92 Å². The van der Waals surface area contributed by atoms with E-state index in [0.29, 0.717) is 20.4 Å². The molecular weight excluding hydrogens is 440 g/mol. The van der Waals surface area contributed by atoms with Crippen LogP contribution in [0.4, 0.5) is 5.00 Å². The molecule has 10 heteroatoms. The molecule has 0 atom stereocenters. The summed E-state index contributed by atoms with van der Waals surface area (Å²) in [6.07, 6.45) is 0. The molecule has 0 bridgehead atoms. The van der Waals surface area contributed by atoms with Crippen molar-refractivity contribution in [1.82, 2.24) is 4.98 Å². The largest absolute Gasteiger partial charge is 0.497 e. The molecule has 0 fully saturated rings. The maximum absolute atomic E-state index is 12.2. The zero-order valence-corrected chi connectivity index (χ0v) is 18.7. The van der Waals surface area contributed by atoms with Crippen molar-refractivity contribution in [2.24, 2.45) is 0 Å². The van der Waals surface area contributed by atoms with Gasteiger partial charge in [-0.25, -0.2) is 14.6 Å². The number of anilines is 1. The molecule has 0 spiro atoms. The molecule has 162 valence electrons. The molecule has 0 saturated heterocycles. The fourth-order valence-corrected chi connectivity index (χ4v) is 4.33. The average Bonchev–Trinajstić information content (AvgIpc) is 3.39. The molecule has 1 N–H and O–H groups in total. The normalized spacial score (nSPS) is 10.4. The van der Waals surface area contributed by atoms with E-state index < -0.39 is 24.5 Å². The summed E-state index contributed by atoms with van der Waals surface area (Å²) < 4.78 is 15.2. The van der Waals surface area contributed by atoms with E-state index in [9.17, 15) is 14.4 Å². The molecule has 0 unspecified atom stereocenters. The number of thiazole rings is 1. The molecule has 3 aromatic rings. The zero-order chi connectivity index (χ0) is 22.4. The maximum Gasteiger partial charge on any atom is 0.358 e. The highest BCUT2D eigenvalue weighted by molar-refractivity contribution is 7.18. The van der Waals surface area contributed by atoms with E-state index in [2.05, 4.69) is 10.3 Å². The molecule has 1 aromatic carbocycles. The number of aryl methyl sites for hydroxylation is 1. The summed E-state index contributed by atoms with van der Waals surface area (Å²) in [5.74, 6) is -0.925. The first-order valence-electron chi connectivity index (χ1n) is 9.25. The summed E-state index contributed by atoms with van der Waals surface area (Å²) in [4.78, 5) is 40.9. The maximum atomic E-state index is 12.2. The number of benzene rings is 1. The quantitative estimate of drug-likeness (QED) is 0.503. The van der Waals surface area contributed by atoms with Crippen molar-refractivity contribution in [2.75, 3.05) is 25.6 Å². The van der Waals surface area contributed by atoms with Gasteiger partial charge < -0.3 is 19.5 Å². The SMILES string of the molecule is CCOC(=O)c1sc(NC(=O)COC(=O)c2csc(-c3ccc(OC)cc3)n2)cc1C. The van der Waals surface area contributed by atoms with E-state index in [0.717, 1.165) is 22.6 Å². The minimum absolute atomic E-state index is 0.125. The van der Waals surface area contributed by atoms with Gasteiger partial charge in [0, 0.05) is 10.9 Å². The average molecular weight is 461 g/mol. The highest BCUT2D eigenvalue weighted by atomic mass is 32.1. The molecule has 0 saturated carbocycles. The molecular formula is C21H20N2O6S2. The number of carbonyl (C=O) groups excluding carboxylic acids is 3. The number of rotatable bonds is 8. The van der Waals surface area contributed by atoms with Crippen LogP contribution in [0.25, 0.3) is 10.6 Å². The van der Waals surface area contributed by atoms with Crippen molar-refractivity contribution in [3.05, 3.63) is 51.8 Å². The first-order chi connectivity index (χ1) is 14.9. The number of aromatic nitrogens is 1. The van der Waals surface area contributed by atoms with Gasteiger partial charge in [-0.1, -0.05) is 0 Å². The lowest BCUT2D eigenvalue weighted by Gasteiger charge is -2.03. The number of thiophene rings is 1. The summed E-state index contributed by atoms with van der Waals surface area (Å²) >= 11 is 2.40. The Morgan fingerprint density at radius 1 is 1.10 bits per heavy atom. The zero-order valence-electron chi connectivity index (χ0n) is 17.1. The molecule has 0 aliphatic rings. The summed E-state index contributed by atoms with van der Waals surface area (Å²) in [5.41, 5.74) is 1.66. The van der Waals surface area contributed by atoms with Gasteiger partial charge in [0.1, 0.15) is 15.6 Å². The first-order valence-corrected chi connectivity index (χ1v) is 10.9. The van der Waals surface area contributed by atoms with Gasteiger partial charge >= 0.3 is 11.9 Å². The Bertz CT molecular complexity index is 1090. The van der Waals surface area contributed by atoms with E-state index in [-0.39, 0.29) is 12.3 Å². The van der Waals surface area contributed by atoms with Crippen LogP contribution in [-0.2, 0) is 14.3 Å². The van der Waals surface area contributed by atoms with E-state index in [4.69, 9.17) is 14.2 Å². The predicted octanol–water partition coefficient (Wildman–Crippen LogP) is 4.16. The standard InChI is InChI=1S/C21H20N2O6S2/c1-4-28-21(26)18-12(2)9-17(31-18)23-16(24)10-29-20(25)15-11-30-19(22-15)13-5-7-14(27-3)8-6-13/h5-9,11H,4,10H2,1-3H3,(H,23,24). The minimum atomic E-state index is -0.694. The topological polar surface area (TPSA) is 104 Å². The number of ether oxygens (including phenoxy) is 3. The van der Waals surface area contributed by atoms with Crippen molar-refractivity contribution in [1.29, 1.82) is 0 Å². The van der Waals surface area contributed by atoms with Gasteiger partial charge in [0.2, 0.25) is 0 Å². The highest BCUT2D eigenvalue weighted by Gasteiger charge is 2.18. The molecule has 3 rings (SSSR count). The smallest absolute Gasteiger partial charge is 0.358 e. The van der Waals surface area contributed by atoms with Crippen LogP contribution < -0.4 is 10.1 Å². The third kappa shape index (κ3) is 5.68. The summed E-state index contributed by atoms with van der Waals surface area (Å²) in [7, 11) is 1.58. The van der Waals surface area contributed by atoms with Gasteiger partial charge in [-0.2, -0.15) is 0 Å². The molecule has 2 aromatic heterocycles. The molecule has 1 amide bonds. The summed E-state index contributed by atoms with van der Waals surface area (Å²) in [5, 5.41) is 5.31. The Morgan fingerprint density at radius 2 is 1.84 bits per heavy atom. The second-order valence-electron chi connectivity index (χ2n) is 6.23. The number of esters is 2. The van der Waals surface area contributed by atoms with E-state index in [1.807, 2.05) is 12.1 Å². The lowest BCUT2D eigenvalue weighted by Crippen LogP contribution is -2.20. The van der Waals surface area contributed by atoms with Gasteiger partial charge in [-0.3, -0.25) is 4.79 Å². The van der Waals surface area contributed by atoms with Gasteiger partial charge in [0.15, 0.2) is 12.3 Å². The minimum Gasteiger partial charge on any atom is -0.497 e. The van der Waals surface area contributed by atoms with Crippen LogP contribution in [0.3, 0.4) is 0 Å². The van der Waals surface area contributed by atoms with Crippen LogP contribution >= 0.6 is 22.7 Å². The first kappa shape index (κ1) is 22.4. The Morgan fingerprint density at radius 3 is 2.52 bits per heavy atom. The van der Waals surface area contributed by atoms with E-state index in [1.165, 1.54) is 11.3 Å². The highest BCUT2D eigenvalue weighted by Crippen LogP contribution is 2.28. The number of amides is 1. The summed E-state index contributed by atoms with van der Waals surface area (Å²) in [6.45, 7) is 3.27. The van der Waals surface area contributed by atoms with Crippen LogP contribution in [-0.4, -0.2) is 43.2 Å². The lowest BCUT2D eigenvalue weighted by atomic mass is 10.2. The van der Waals surface area contributed by atoms with Gasteiger partial charge in [0.25, 0.3) is 5.91 Å².